The SMILES string of the molecule is CC1(C)C(=O)N(CO)C(=O)N1CC1CO1. The monoisotopic (exact) mass is 214 g/mol. The van der Waals surface area contributed by atoms with Gasteiger partial charge in [-0.25, -0.2) is 9.69 Å². The van der Waals surface area contributed by atoms with Gasteiger partial charge in [0.2, 0.25) is 0 Å². The highest BCUT2D eigenvalue weighted by molar-refractivity contribution is 6.06. The molecule has 6 nitrogen and oxygen atoms in total. The highest BCUT2D eigenvalue weighted by atomic mass is 16.6. The minimum Gasteiger partial charge on any atom is -0.376 e. The molecule has 2 aliphatic rings. The number of hydrogen-bond donors (Lipinski definition) is 1. The number of amides is 3. The van der Waals surface area contributed by atoms with Crippen molar-refractivity contribution in [3.8, 4) is 0 Å². The zero-order chi connectivity index (χ0) is 11.2. The van der Waals surface area contributed by atoms with Crippen molar-refractivity contribution in [2.75, 3.05) is 19.9 Å². The number of imide groups is 1. The second kappa shape index (κ2) is 3.18. The third-order valence-electron chi connectivity index (χ3n) is 2.84. The van der Waals surface area contributed by atoms with Crippen LogP contribution in [0.5, 0.6) is 0 Å². The third-order valence-corrected chi connectivity index (χ3v) is 2.84. The summed E-state index contributed by atoms with van der Waals surface area (Å²) in [5.74, 6) is -0.365. The molecule has 1 N–H and O–H groups in total. The molecule has 2 fully saturated rings. The van der Waals surface area contributed by atoms with Gasteiger partial charge in [-0.3, -0.25) is 4.79 Å². The summed E-state index contributed by atoms with van der Waals surface area (Å²) in [5, 5.41) is 8.93. The van der Waals surface area contributed by atoms with Gasteiger partial charge in [0, 0.05) is 0 Å². The van der Waals surface area contributed by atoms with Gasteiger partial charge in [0.15, 0.2) is 0 Å². The van der Waals surface area contributed by atoms with Crippen LogP contribution in [-0.4, -0.2) is 58.4 Å². The molecule has 2 heterocycles. The largest absolute Gasteiger partial charge is 0.376 e. The van der Waals surface area contributed by atoms with Crippen LogP contribution in [0.25, 0.3) is 0 Å². The van der Waals surface area contributed by atoms with Crippen LogP contribution in [0.1, 0.15) is 13.8 Å². The molecule has 84 valence electrons. The summed E-state index contributed by atoms with van der Waals surface area (Å²) in [6.45, 7) is 3.82. The van der Waals surface area contributed by atoms with Crippen LogP contribution in [0.15, 0.2) is 0 Å². The van der Waals surface area contributed by atoms with Crippen LogP contribution >= 0.6 is 0 Å². The molecule has 3 amide bonds. The lowest BCUT2D eigenvalue weighted by molar-refractivity contribution is -0.134. The first kappa shape index (κ1) is 10.4. The Balaban J connectivity index is 2.20. The number of aliphatic hydroxyl groups is 1. The van der Waals surface area contributed by atoms with Crippen molar-refractivity contribution in [2.24, 2.45) is 0 Å². The van der Waals surface area contributed by atoms with E-state index in [-0.39, 0.29) is 12.0 Å². The molecular weight excluding hydrogens is 200 g/mol. The van der Waals surface area contributed by atoms with Gasteiger partial charge < -0.3 is 14.7 Å². The van der Waals surface area contributed by atoms with Crippen molar-refractivity contribution in [1.82, 2.24) is 9.80 Å². The lowest BCUT2D eigenvalue weighted by Gasteiger charge is -2.26. The molecule has 1 atom stereocenters. The summed E-state index contributed by atoms with van der Waals surface area (Å²) >= 11 is 0. The van der Waals surface area contributed by atoms with Crippen molar-refractivity contribution in [3.63, 3.8) is 0 Å². The lowest BCUT2D eigenvalue weighted by Crippen LogP contribution is -2.45. The molecule has 15 heavy (non-hydrogen) atoms. The van der Waals surface area contributed by atoms with E-state index in [1.54, 1.807) is 13.8 Å². The molecule has 2 saturated heterocycles. The van der Waals surface area contributed by atoms with Crippen LogP contribution in [0.3, 0.4) is 0 Å². The van der Waals surface area contributed by atoms with Crippen molar-refractivity contribution in [2.45, 2.75) is 25.5 Å². The van der Waals surface area contributed by atoms with E-state index in [1.165, 1.54) is 4.90 Å². The molecule has 0 aliphatic carbocycles. The van der Waals surface area contributed by atoms with Crippen molar-refractivity contribution in [3.05, 3.63) is 0 Å². The summed E-state index contributed by atoms with van der Waals surface area (Å²) < 4.78 is 5.03. The average molecular weight is 214 g/mol. The molecule has 6 heteroatoms. The smallest absolute Gasteiger partial charge is 0.329 e. The molecule has 2 rings (SSSR count). The Bertz CT molecular complexity index is 311. The summed E-state index contributed by atoms with van der Waals surface area (Å²) in [6, 6.07) is -0.442. The number of carbonyl (C=O) groups excluding carboxylic acids is 2. The average Bonchev–Trinajstić information content (AvgIpc) is 2.94. The summed E-state index contributed by atoms with van der Waals surface area (Å²) in [4.78, 5) is 25.8. The lowest BCUT2D eigenvalue weighted by atomic mass is 10.0. The summed E-state index contributed by atoms with van der Waals surface area (Å²) in [6.07, 6.45) is 0.0414. The predicted octanol–water partition coefficient (Wildman–Crippen LogP) is -0.622. The van der Waals surface area contributed by atoms with Gasteiger partial charge in [-0.1, -0.05) is 0 Å². The molecule has 0 aromatic heterocycles. The predicted molar refractivity (Wildman–Crippen MR) is 49.9 cm³/mol. The first-order chi connectivity index (χ1) is 6.98. The van der Waals surface area contributed by atoms with Crippen LogP contribution in [-0.2, 0) is 9.53 Å². The van der Waals surface area contributed by atoms with Gasteiger partial charge in [-0.05, 0) is 13.8 Å². The van der Waals surface area contributed by atoms with Crippen LogP contribution in [0.2, 0.25) is 0 Å². The molecule has 1 unspecified atom stereocenters. The number of urea groups is 1. The molecular formula is C9H14N2O4. The standard InChI is InChI=1S/C9H14N2O4/c1-9(2)7(13)10(5-12)8(14)11(9)3-6-4-15-6/h6,12H,3-5H2,1-2H3. The Morgan fingerprint density at radius 1 is 1.53 bits per heavy atom. The van der Waals surface area contributed by atoms with Crippen LogP contribution < -0.4 is 0 Å². The van der Waals surface area contributed by atoms with Crippen LogP contribution in [0, 0.1) is 0 Å². The molecule has 0 spiro atoms. The topological polar surface area (TPSA) is 73.4 Å². The number of aliphatic hydroxyl groups excluding tert-OH is 1. The Morgan fingerprint density at radius 3 is 2.53 bits per heavy atom. The van der Waals surface area contributed by atoms with E-state index in [9.17, 15) is 9.59 Å². The number of epoxide rings is 1. The number of nitrogens with zero attached hydrogens (tertiary/aromatic N) is 2. The van der Waals surface area contributed by atoms with Crippen LogP contribution in [0.4, 0.5) is 4.79 Å². The van der Waals surface area contributed by atoms with E-state index in [0.29, 0.717) is 13.2 Å². The van der Waals surface area contributed by atoms with E-state index in [1.807, 2.05) is 0 Å². The van der Waals surface area contributed by atoms with Crippen molar-refractivity contribution < 1.29 is 19.4 Å². The van der Waals surface area contributed by atoms with Crippen molar-refractivity contribution >= 4 is 11.9 Å². The minimum absolute atomic E-state index is 0.0414. The first-order valence-electron chi connectivity index (χ1n) is 4.84. The maximum absolute atomic E-state index is 11.7. The maximum atomic E-state index is 11.7. The normalized spacial score (nSPS) is 28.9. The van der Waals surface area contributed by atoms with Gasteiger partial charge in [0.25, 0.3) is 5.91 Å². The molecule has 0 aromatic carbocycles. The zero-order valence-electron chi connectivity index (χ0n) is 8.77. The maximum Gasteiger partial charge on any atom is 0.329 e. The Morgan fingerprint density at radius 2 is 2.13 bits per heavy atom. The van der Waals surface area contributed by atoms with E-state index >= 15 is 0 Å². The Kier molecular flexibility index (Phi) is 2.20. The molecule has 0 saturated carbocycles. The Hall–Kier alpha value is -1.14. The van der Waals surface area contributed by atoms with E-state index in [4.69, 9.17) is 9.84 Å². The number of hydrogen-bond acceptors (Lipinski definition) is 4. The van der Waals surface area contributed by atoms with Crippen molar-refractivity contribution in [1.29, 1.82) is 0 Å². The first-order valence-corrected chi connectivity index (χ1v) is 4.84. The van der Waals surface area contributed by atoms with E-state index in [2.05, 4.69) is 0 Å². The van der Waals surface area contributed by atoms with E-state index in [0.717, 1.165) is 4.90 Å². The third kappa shape index (κ3) is 1.49. The highest BCUT2D eigenvalue weighted by Crippen LogP contribution is 2.29. The second-order valence-corrected chi connectivity index (χ2v) is 4.28. The molecule has 0 bridgehead atoms. The number of rotatable bonds is 3. The number of carbonyl (C=O) groups is 2. The fraction of sp³-hybridized carbons (Fsp3) is 0.778. The summed E-state index contributed by atoms with van der Waals surface area (Å²) in [5.41, 5.74) is -0.883. The minimum atomic E-state index is -0.883. The van der Waals surface area contributed by atoms with Gasteiger partial charge >= 0.3 is 6.03 Å². The highest BCUT2D eigenvalue weighted by Gasteiger charge is 2.52. The van der Waals surface area contributed by atoms with Gasteiger partial charge in [-0.2, -0.15) is 0 Å². The molecule has 2 aliphatic heterocycles. The Labute approximate surface area is 87.4 Å². The van der Waals surface area contributed by atoms with Gasteiger partial charge in [0.05, 0.1) is 19.3 Å². The second-order valence-electron chi connectivity index (χ2n) is 4.28. The summed E-state index contributed by atoms with van der Waals surface area (Å²) in [7, 11) is 0. The molecule has 0 radical (unpaired) electrons. The van der Waals surface area contributed by atoms with E-state index < -0.39 is 18.3 Å². The van der Waals surface area contributed by atoms with Gasteiger partial charge in [0.1, 0.15) is 12.3 Å². The fourth-order valence-corrected chi connectivity index (χ4v) is 1.73. The molecule has 0 aromatic rings. The number of ether oxygens (including phenoxy) is 1. The quantitative estimate of drug-likeness (QED) is 0.502. The fourth-order valence-electron chi connectivity index (χ4n) is 1.73. The zero-order valence-corrected chi connectivity index (χ0v) is 8.77. The van der Waals surface area contributed by atoms with Gasteiger partial charge in [-0.15, -0.1) is 0 Å².